The molecular formula is C13H14BrNO4. The number of carbonyl (C=O) groups excluding carboxylic acids is 1. The minimum atomic E-state index is -0.498. The fraction of sp³-hybridized carbons (Fsp3) is 0.308. The van der Waals surface area contributed by atoms with Crippen molar-refractivity contribution in [3.63, 3.8) is 0 Å². The summed E-state index contributed by atoms with van der Waals surface area (Å²) in [7, 11) is 1.32. The molecule has 0 saturated heterocycles. The molecule has 0 aliphatic rings. The van der Waals surface area contributed by atoms with E-state index in [1.807, 2.05) is 19.1 Å². The van der Waals surface area contributed by atoms with E-state index in [4.69, 9.17) is 8.83 Å². The molecular weight excluding hydrogens is 314 g/mol. The van der Waals surface area contributed by atoms with Crippen LogP contribution in [0, 0.1) is 0 Å². The molecule has 1 atom stereocenters. The first-order valence-electron chi connectivity index (χ1n) is 5.82. The highest BCUT2D eigenvalue weighted by Gasteiger charge is 2.22. The lowest BCUT2D eigenvalue weighted by molar-refractivity contribution is 0.0562. The van der Waals surface area contributed by atoms with Crippen molar-refractivity contribution < 1.29 is 18.4 Å². The summed E-state index contributed by atoms with van der Waals surface area (Å²) in [4.78, 5) is 11.4. The van der Waals surface area contributed by atoms with Crippen molar-refractivity contribution in [2.45, 2.75) is 13.0 Å². The zero-order chi connectivity index (χ0) is 13.8. The van der Waals surface area contributed by atoms with Crippen LogP contribution in [0.3, 0.4) is 0 Å². The van der Waals surface area contributed by atoms with Gasteiger partial charge in [0, 0.05) is 0 Å². The van der Waals surface area contributed by atoms with E-state index in [9.17, 15) is 4.79 Å². The minimum Gasteiger partial charge on any atom is -0.463 e. The van der Waals surface area contributed by atoms with Crippen molar-refractivity contribution in [2.75, 3.05) is 13.7 Å². The van der Waals surface area contributed by atoms with Crippen LogP contribution in [0.5, 0.6) is 0 Å². The Kier molecular flexibility index (Phi) is 4.44. The summed E-state index contributed by atoms with van der Waals surface area (Å²) < 4.78 is 16.3. The van der Waals surface area contributed by atoms with Gasteiger partial charge in [-0.2, -0.15) is 0 Å². The quantitative estimate of drug-likeness (QED) is 0.855. The molecule has 0 saturated carbocycles. The van der Waals surface area contributed by atoms with Crippen LogP contribution in [0.25, 0.3) is 0 Å². The van der Waals surface area contributed by atoms with Crippen LogP contribution in [0.15, 0.2) is 37.8 Å². The van der Waals surface area contributed by atoms with Gasteiger partial charge in [0.2, 0.25) is 5.76 Å². The number of rotatable bonds is 5. The Morgan fingerprint density at radius 1 is 1.32 bits per heavy atom. The fourth-order valence-electron chi connectivity index (χ4n) is 1.75. The van der Waals surface area contributed by atoms with Crippen LogP contribution in [0.2, 0.25) is 0 Å². The molecule has 2 aromatic rings. The molecule has 0 fully saturated rings. The van der Waals surface area contributed by atoms with Gasteiger partial charge in [-0.05, 0) is 46.7 Å². The topological polar surface area (TPSA) is 64.6 Å². The summed E-state index contributed by atoms with van der Waals surface area (Å²) in [6.45, 7) is 2.71. The summed E-state index contributed by atoms with van der Waals surface area (Å²) in [6.07, 6.45) is 0. The summed E-state index contributed by atoms with van der Waals surface area (Å²) in [5.74, 6) is 0.983. The number of ether oxygens (including phenoxy) is 1. The maximum Gasteiger partial charge on any atom is 0.373 e. The minimum absolute atomic E-state index is 0.172. The number of nitrogens with one attached hydrogen (secondary N) is 1. The van der Waals surface area contributed by atoms with Crippen LogP contribution >= 0.6 is 15.9 Å². The van der Waals surface area contributed by atoms with Crippen molar-refractivity contribution in [3.05, 3.63) is 46.2 Å². The average molecular weight is 328 g/mol. The monoisotopic (exact) mass is 327 g/mol. The fourth-order valence-corrected chi connectivity index (χ4v) is 2.07. The zero-order valence-corrected chi connectivity index (χ0v) is 12.2. The molecule has 102 valence electrons. The van der Waals surface area contributed by atoms with Gasteiger partial charge in [-0.25, -0.2) is 4.79 Å². The molecule has 0 aliphatic heterocycles. The third-order valence-corrected chi connectivity index (χ3v) is 3.01. The number of furan rings is 2. The molecule has 1 N–H and O–H groups in total. The van der Waals surface area contributed by atoms with Gasteiger partial charge < -0.3 is 18.9 Å². The summed E-state index contributed by atoms with van der Waals surface area (Å²) in [5.41, 5.74) is 0. The van der Waals surface area contributed by atoms with E-state index >= 15 is 0 Å². The molecule has 0 radical (unpaired) electrons. The second kappa shape index (κ2) is 6.08. The van der Waals surface area contributed by atoms with E-state index in [2.05, 4.69) is 26.0 Å². The molecule has 0 spiro atoms. The van der Waals surface area contributed by atoms with E-state index in [0.717, 1.165) is 6.54 Å². The van der Waals surface area contributed by atoms with Crippen LogP contribution in [0.1, 0.15) is 35.0 Å². The summed E-state index contributed by atoms with van der Waals surface area (Å²) in [5, 5.41) is 3.24. The van der Waals surface area contributed by atoms with Crippen molar-refractivity contribution >= 4 is 21.9 Å². The van der Waals surface area contributed by atoms with Gasteiger partial charge >= 0.3 is 5.97 Å². The van der Waals surface area contributed by atoms with Crippen LogP contribution in [-0.4, -0.2) is 19.6 Å². The van der Waals surface area contributed by atoms with Gasteiger partial charge in [-0.3, -0.25) is 0 Å². The molecule has 0 bridgehead atoms. The van der Waals surface area contributed by atoms with E-state index in [-0.39, 0.29) is 11.8 Å². The Balaban J connectivity index is 2.29. The molecule has 0 aliphatic carbocycles. The highest BCUT2D eigenvalue weighted by Crippen LogP contribution is 2.27. The maximum absolute atomic E-state index is 11.4. The molecule has 2 aromatic heterocycles. The van der Waals surface area contributed by atoms with Gasteiger partial charge in [-0.1, -0.05) is 6.92 Å². The van der Waals surface area contributed by atoms with Crippen molar-refractivity contribution in [3.8, 4) is 0 Å². The van der Waals surface area contributed by atoms with E-state index in [1.165, 1.54) is 7.11 Å². The Labute approximate surface area is 119 Å². The number of halogens is 1. The van der Waals surface area contributed by atoms with Gasteiger partial charge in [0.05, 0.1) is 7.11 Å². The predicted octanol–water partition coefficient (Wildman–Crippen LogP) is 3.12. The number of hydrogen-bond donors (Lipinski definition) is 1. The first kappa shape index (κ1) is 13.9. The van der Waals surface area contributed by atoms with Gasteiger partial charge in [-0.15, -0.1) is 0 Å². The Bertz CT molecular complexity index is 560. The van der Waals surface area contributed by atoms with E-state index < -0.39 is 5.97 Å². The maximum atomic E-state index is 11.4. The lowest BCUT2D eigenvalue weighted by atomic mass is 10.1. The molecule has 2 rings (SSSR count). The normalized spacial score (nSPS) is 12.4. The smallest absolute Gasteiger partial charge is 0.373 e. The number of hydrogen-bond acceptors (Lipinski definition) is 5. The predicted molar refractivity (Wildman–Crippen MR) is 72.0 cm³/mol. The number of methoxy groups -OCH3 is 1. The van der Waals surface area contributed by atoms with Gasteiger partial charge in [0.15, 0.2) is 4.67 Å². The number of esters is 1. The first-order valence-corrected chi connectivity index (χ1v) is 6.61. The lowest BCUT2D eigenvalue weighted by Gasteiger charge is -2.12. The second-order valence-corrected chi connectivity index (χ2v) is 4.61. The van der Waals surface area contributed by atoms with E-state index in [0.29, 0.717) is 16.2 Å². The second-order valence-electron chi connectivity index (χ2n) is 3.83. The average Bonchev–Trinajstić information content (AvgIpc) is 3.04. The standard InChI is InChI=1S/C13H14BrNO4/c1-3-15-12(9-6-7-11(14)19-9)8-4-5-10(18-8)13(16)17-2/h4-7,12,15H,3H2,1-2H3. The van der Waals surface area contributed by atoms with E-state index in [1.54, 1.807) is 12.1 Å². The van der Waals surface area contributed by atoms with Crippen molar-refractivity contribution in [1.82, 2.24) is 5.32 Å². The molecule has 19 heavy (non-hydrogen) atoms. The SMILES string of the molecule is CCNC(c1ccc(Br)o1)c1ccc(C(=O)OC)o1. The molecule has 5 nitrogen and oxygen atoms in total. The Hall–Kier alpha value is -1.53. The largest absolute Gasteiger partial charge is 0.463 e. The number of carbonyl (C=O) groups is 1. The van der Waals surface area contributed by atoms with Crippen LogP contribution in [0.4, 0.5) is 0 Å². The molecule has 2 heterocycles. The third-order valence-electron chi connectivity index (χ3n) is 2.58. The summed E-state index contributed by atoms with van der Waals surface area (Å²) >= 11 is 3.26. The molecule has 6 heteroatoms. The zero-order valence-electron chi connectivity index (χ0n) is 10.6. The first-order chi connectivity index (χ1) is 9.15. The van der Waals surface area contributed by atoms with Gasteiger partial charge in [0.1, 0.15) is 17.6 Å². The Morgan fingerprint density at radius 3 is 2.58 bits per heavy atom. The van der Waals surface area contributed by atoms with Crippen molar-refractivity contribution in [1.29, 1.82) is 0 Å². The molecule has 0 amide bonds. The van der Waals surface area contributed by atoms with Crippen LogP contribution in [-0.2, 0) is 4.74 Å². The highest BCUT2D eigenvalue weighted by molar-refractivity contribution is 9.10. The molecule has 0 aromatic carbocycles. The lowest BCUT2D eigenvalue weighted by Crippen LogP contribution is -2.21. The Morgan fingerprint density at radius 2 is 2.00 bits per heavy atom. The molecule has 1 unspecified atom stereocenters. The third kappa shape index (κ3) is 3.08. The van der Waals surface area contributed by atoms with Gasteiger partial charge in [0.25, 0.3) is 0 Å². The highest BCUT2D eigenvalue weighted by atomic mass is 79.9. The van der Waals surface area contributed by atoms with Crippen LogP contribution < -0.4 is 5.32 Å². The summed E-state index contributed by atoms with van der Waals surface area (Å²) in [6, 6.07) is 6.73. The van der Waals surface area contributed by atoms with Crippen molar-refractivity contribution in [2.24, 2.45) is 0 Å².